The van der Waals surface area contributed by atoms with Crippen LogP contribution in [0.4, 0.5) is 5.69 Å². The molecule has 0 bridgehead atoms. The van der Waals surface area contributed by atoms with Crippen LogP contribution in [0.3, 0.4) is 0 Å². The zero-order valence-electron chi connectivity index (χ0n) is 16.1. The molecule has 1 aromatic heterocycles. The Morgan fingerprint density at radius 2 is 1.75 bits per heavy atom. The summed E-state index contributed by atoms with van der Waals surface area (Å²) in [4.78, 5) is 26.8. The Hall–Kier alpha value is -3.41. The minimum absolute atomic E-state index is 0.0379. The molecular formula is C22H24N4O2. The van der Waals surface area contributed by atoms with E-state index in [1.54, 1.807) is 47.5 Å². The molecule has 2 aromatic carbocycles. The fourth-order valence-electron chi connectivity index (χ4n) is 2.97. The molecule has 0 fully saturated rings. The van der Waals surface area contributed by atoms with Crippen LogP contribution in [0.15, 0.2) is 67.0 Å². The van der Waals surface area contributed by atoms with E-state index in [2.05, 4.69) is 10.4 Å². The highest BCUT2D eigenvalue weighted by Crippen LogP contribution is 2.15. The maximum absolute atomic E-state index is 12.5. The summed E-state index contributed by atoms with van der Waals surface area (Å²) in [5.41, 5.74) is 2.79. The molecule has 28 heavy (non-hydrogen) atoms. The summed E-state index contributed by atoms with van der Waals surface area (Å²) in [6, 6.07) is 16.3. The van der Waals surface area contributed by atoms with E-state index in [-0.39, 0.29) is 11.8 Å². The van der Waals surface area contributed by atoms with E-state index in [1.807, 2.05) is 42.9 Å². The van der Waals surface area contributed by atoms with Crippen molar-refractivity contribution in [2.24, 2.45) is 0 Å². The number of hydrogen-bond donors (Lipinski definition) is 1. The number of nitrogens with one attached hydrogen (secondary N) is 1. The molecule has 3 aromatic rings. The average molecular weight is 376 g/mol. The lowest BCUT2D eigenvalue weighted by Crippen LogP contribution is -2.30. The Balaban J connectivity index is 1.67. The minimum Gasteiger partial charge on any atom is -0.339 e. The summed E-state index contributed by atoms with van der Waals surface area (Å²) in [7, 11) is 0. The predicted octanol–water partition coefficient (Wildman–Crippen LogP) is 3.67. The van der Waals surface area contributed by atoms with Gasteiger partial charge in [0.1, 0.15) is 0 Å². The van der Waals surface area contributed by atoms with E-state index in [9.17, 15) is 9.59 Å². The van der Waals surface area contributed by atoms with Crippen molar-refractivity contribution in [3.8, 4) is 0 Å². The monoisotopic (exact) mass is 376 g/mol. The number of nitrogens with zero attached hydrogens (tertiary/aromatic N) is 3. The van der Waals surface area contributed by atoms with Crippen molar-refractivity contribution in [2.45, 2.75) is 20.4 Å². The number of aromatic nitrogens is 2. The van der Waals surface area contributed by atoms with E-state index in [1.165, 1.54) is 0 Å². The maximum atomic E-state index is 12.5. The molecule has 6 heteroatoms. The van der Waals surface area contributed by atoms with Crippen LogP contribution >= 0.6 is 0 Å². The van der Waals surface area contributed by atoms with Crippen LogP contribution in [0.1, 0.15) is 40.1 Å². The molecular weight excluding hydrogens is 352 g/mol. The standard InChI is InChI=1S/C22H24N4O2/c1-3-25(4-2)22(28)19-7-5-8-20(15-19)24-21(27)18-11-9-17(10-12-18)16-26-14-6-13-23-26/h5-15H,3-4,16H2,1-2H3,(H,24,27). The van der Waals surface area contributed by atoms with Gasteiger partial charge in [0, 0.05) is 42.3 Å². The summed E-state index contributed by atoms with van der Waals surface area (Å²) in [6.45, 7) is 5.85. The van der Waals surface area contributed by atoms with Gasteiger partial charge in [-0.15, -0.1) is 0 Å². The van der Waals surface area contributed by atoms with Crippen molar-refractivity contribution in [1.82, 2.24) is 14.7 Å². The molecule has 6 nitrogen and oxygen atoms in total. The number of anilines is 1. The molecule has 0 saturated heterocycles. The second-order valence-corrected chi connectivity index (χ2v) is 6.41. The van der Waals surface area contributed by atoms with Gasteiger partial charge >= 0.3 is 0 Å². The van der Waals surface area contributed by atoms with E-state index in [0.29, 0.717) is 36.4 Å². The summed E-state index contributed by atoms with van der Waals surface area (Å²) < 4.78 is 1.83. The highest BCUT2D eigenvalue weighted by atomic mass is 16.2. The van der Waals surface area contributed by atoms with Crippen molar-refractivity contribution >= 4 is 17.5 Å². The normalized spacial score (nSPS) is 10.5. The highest BCUT2D eigenvalue weighted by Gasteiger charge is 2.13. The minimum atomic E-state index is -0.210. The summed E-state index contributed by atoms with van der Waals surface area (Å²) in [5, 5.41) is 7.04. The van der Waals surface area contributed by atoms with E-state index >= 15 is 0 Å². The van der Waals surface area contributed by atoms with Crippen LogP contribution < -0.4 is 5.32 Å². The third kappa shape index (κ3) is 4.65. The number of carbonyl (C=O) groups excluding carboxylic acids is 2. The number of rotatable bonds is 7. The Kier molecular flexibility index (Phi) is 6.22. The summed E-state index contributed by atoms with van der Waals surface area (Å²) in [5.74, 6) is -0.248. The number of amides is 2. The SMILES string of the molecule is CCN(CC)C(=O)c1cccc(NC(=O)c2ccc(Cn3cccn3)cc2)c1. The molecule has 0 radical (unpaired) electrons. The molecule has 0 atom stereocenters. The molecule has 2 amide bonds. The average Bonchev–Trinajstić information content (AvgIpc) is 3.22. The van der Waals surface area contributed by atoms with Crippen molar-refractivity contribution in [1.29, 1.82) is 0 Å². The molecule has 0 spiro atoms. The zero-order valence-corrected chi connectivity index (χ0v) is 16.1. The van der Waals surface area contributed by atoms with Crippen LogP contribution in [0.25, 0.3) is 0 Å². The molecule has 3 rings (SSSR count). The predicted molar refractivity (Wildman–Crippen MR) is 109 cm³/mol. The maximum Gasteiger partial charge on any atom is 0.255 e. The molecule has 0 saturated carbocycles. The van der Waals surface area contributed by atoms with Gasteiger partial charge in [0.05, 0.1) is 6.54 Å². The van der Waals surface area contributed by atoms with Crippen LogP contribution in [0, 0.1) is 0 Å². The first-order chi connectivity index (χ1) is 13.6. The van der Waals surface area contributed by atoms with Crippen LogP contribution in [-0.4, -0.2) is 39.6 Å². The molecule has 0 aliphatic heterocycles. The second-order valence-electron chi connectivity index (χ2n) is 6.41. The largest absolute Gasteiger partial charge is 0.339 e. The Bertz CT molecular complexity index is 929. The number of carbonyl (C=O) groups is 2. The Labute approximate surface area is 164 Å². The van der Waals surface area contributed by atoms with Crippen molar-refractivity contribution in [2.75, 3.05) is 18.4 Å². The topological polar surface area (TPSA) is 67.2 Å². The summed E-state index contributed by atoms with van der Waals surface area (Å²) >= 11 is 0. The molecule has 0 aliphatic rings. The third-order valence-corrected chi connectivity index (χ3v) is 4.54. The van der Waals surface area contributed by atoms with Crippen molar-refractivity contribution in [3.63, 3.8) is 0 Å². The smallest absolute Gasteiger partial charge is 0.255 e. The lowest BCUT2D eigenvalue weighted by molar-refractivity contribution is 0.0772. The fraction of sp³-hybridized carbons (Fsp3) is 0.227. The van der Waals surface area contributed by atoms with Crippen LogP contribution in [0.2, 0.25) is 0 Å². The zero-order chi connectivity index (χ0) is 19.9. The summed E-state index contributed by atoms with van der Waals surface area (Å²) in [6.07, 6.45) is 3.63. The first-order valence-electron chi connectivity index (χ1n) is 9.37. The third-order valence-electron chi connectivity index (χ3n) is 4.54. The molecule has 1 N–H and O–H groups in total. The number of hydrogen-bond acceptors (Lipinski definition) is 3. The fourth-order valence-corrected chi connectivity index (χ4v) is 2.97. The van der Waals surface area contributed by atoms with Gasteiger partial charge in [-0.3, -0.25) is 14.3 Å². The van der Waals surface area contributed by atoms with E-state index in [0.717, 1.165) is 5.56 Å². The van der Waals surface area contributed by atoms with Gasteiger partial charge in [0.15, 0.2) is 0 Å². The van der Waals surface area contributed by atoms with Gasteiger partial charge in [-0.25, -0.2) is 0 Å². The first-order valence-corrected chi connectivity index (χ1v) is 9.37. The van der Waals surface area contributed by atoms with Crippen LogP contribution in [0.5, 0.6) is 0 Å². The van der Waals surface area contributed by atoms with Gasteiger partial charge in [-0.05, 0) is 55.8 Å². The van der Waals surface area contributed by atoms with Gasteiger partial charge in [0.2, 0.25) is 0 Å². The van der Waals surface area contributed by atoms with E-state index < -0.39 is 0 Å². The molecule has 0 unspecified atom stereocenters. The first kappa shape index (κ1) is 19.4. The lowest BCUT2D eigenvalue weighted by Gasteiger charge is -2.19. The van der Waals surface area contributed by atoms with Crippen molar-refractivity contribution < 1.29 is 9.59 Å². The van der Waals surface area contributed by atoms with Gasteiger partial charge in [-0.2, -0.15) is 5.10 Å². The van der Waals surface area contributed by atoms with Gasteiger partial charge < -0.3 is 10.2 Å². The number of benzene rings is 2. The van der Waals surface area contributed by atoms with Gasteiger partial charge in [0.25, 0.3) is 11.8 Å². The van der Waals surface area contributed by atoms with E-state index in [4.69, 9.17) is 0 Å². The lowest BCUT2D eigenvalue weighted by atomic mass is 10.1. The second kappa shape index (κ2) is 8.99. The van der Waals surface area contributed by atoms with Gasteiger partial charge in [-0.1, -0.05) is 18.2 Å². The molecule has 1 heterocycles. The van der Waals surface area contributed by atoms with Crippen LogP contribution in [-0.2, 0) is 6.54 Å². The molecule has 144 valence electrons. The molecule has 0 aliphatic carbocycles. The Morgan fingerprint density at radius 1 is 1.00 bits per heavy atom. The Morgan fingerprint density at radius 3 is 2.39 bits per heavy atom. The quantitative estimate of drug-likeness (QED) is 0.684. The van der Waals surface area contributed by atoms with Crippen molar-refractivity contribution in [3.05, 3.63) is 83.7 Å². The highest BCUT2D eigenvalue weighted by molar-refractivity contribution is 6.05.